The number of rotatable bonds is 73. The monoisotopic (exact) mass is 1200 g/mol. The maximum absolute atomic E-state index is 6.09. The molecule has 0 spiro atoms. The van der Waals surface area contributed by atoms with Gasteiger partial charge in [0.15, 0.2) is 8.32 Å². The molecule has 0 saturated carbocycles. The highest BCUT2D eigenvalue weighted by Crippen LogP contribution is 2.36. The molecule has 0 amide bonds. The van der Waals surface area contributed by atoms with Crippen LogP contribution in [0.1, 0.15) is 20.8 Å². The average molecular weight is 1200 g/mol. The Kier molecular flexibility index (Phi) is 67.7. The topological polar surface area (TPSA) is 234 Å². The van der Waals surface area contributed by atoms with E-state index in [-0.39, 0.29) is 5.04 Å². The normalized spacial score (nSPS) is 12.2. The van der Waals surface area contributed by atoms with Gasteiger partial charge in [-0.1, -0.05) is 20.8 Å². The molecule has 0 rings (SSSR count). The van der Waals surface area contributed by atoms with Crippen LogP contribution < -0.4 is 5.32 Å². The van der Waals surface area contributed by atoms with Crippen LogP contribution in [0.3, 0.4) is 0 Å². The average Bonchev–Trinajstić information content (AvgIpc) is 3.45. The minimum Gasteiger partial charge on any atom is -0.414 e. The standard InChI is InChI=1S/C55H115NO24Si/c1-55(2,3)81(5,6)80-54-53-79-52-51-78-50-49-77-48-47-76-46-45-75-44-43-74-42-41-73-40-39-72-38-37-71-36-35-70-34-33-69-32-31-68-30-29-67-28-27-66-26-25-65-24-23-64-22-21-63-20-19-62-18-17-61-16-15-60-14-13-59-12-11-58-10-9-57-8-7-56-4/h56H,7-54H2,1-6H3. The van der Waals surface area contributed by atoms with E-state index in [0.29, 0.717) is 311 Å². The second kappa shape index (κ2) is 68.3. The second-order valence-corrected chi connectivity index (χ2v) is 23.6. The summed E-state index contributed by atoms with van der Waals surface area (Å²) in [5.41, 5.74) is 0. The minimum atomic E-state index is -1.71. The molecular formula is C55H115NO24Si. The Balaban J connectivity index is 3.10. The minimum absolute atomic E-state index is 0.208. The molecule has 0 unspecified atom stereocenters. The molecule has 26 heteroatoms. The van der Waals surface area contributed by atoms with E-state index in [1.54, 1.807) is 0 Å². The number of nitrogens with one attached hydrogen (secondary N) is 1. The van der Waals surface area contributed by atoms with Gasteiger partial charge in [-0.3, -0.25) is 0 Å². The Morgan fingerprint density at radius 3 is 0.420 bits per heavy atom. The van der Waals surface area contributed by atoms with Gasteiger partial charge in [-0.15, -0.1) is 0 Å². The number of hydrogen-bond donors (Lipinski definition) is 1. The van der Waals surface area contributed by atoms with Gasteiger partial charge in [-0.2, -0.15) is 0 Å². The molecular weight excluding hydrogens is 1090 g/mol. The third-order valence-electron chi connectivity index (χ3n) is 11.2. The molecule has 0 saturated heterocycles. The molecule has 0 fully saturated rings. The van der Waals surface area contributed by atoms with Crippen molar-refractivity contribution in [2.75, 3.05) is 324 Å². The summed E-state index contributed by atoms with van der Waals surface area (Å²) in [6.45, 7) is 36.1. The van der Waals surface area contributed by atoms with Gasteiger partial charge in [0.05, 0.1) is 311 Å². The van der Waals surface area contributed by atoms with E-state index in [4.69, 9.17) is 113 Å². The van der Waals surface area contributed by atoms with Crippen LogP contribution in [-0.4, -0.2) is 332 Å². The van der Waals surface area contributed by atoms with Gasteiger partial charge in [0.1, 0.15) is 0 Å². The summed E-state index contributed by atoms with van der Waals surface area (Å²) in [5, 5.41) is 3.23. The summed E-state index contributed by atoms with van der Waals surface area (Å²) < 4.78 is 133. The van der Waals surface area contributed by atoms with Crippen molar-refractivity contribution in [1.29, 1.82) is 0 Å². The molecule has 0 aliphatic carbocycles. The van der Waals surface area contributed by atoms with Crippen LogP contribution in [0.15, 0.2) is 0 Å². The third-order valence-corrected chi connectivity index (χ3v) is 15.7. The lowest BCUT2D eigenvalue weighted by atomic mass is 10.2. The highest BCUT2D eigenvalue weighted by molar-refractivity contribution is 6.74. The fraction of sp³-hybridized carbons (Fsp3) is 1.00. The van der Waals surface area contributed by atoms with Crippen LogP contribution in [0.4, 0.5) is 0 Å². The second-order valence-electron chi connectivity index (χ2n) is 18.8. The summed E-state index contributed by atoms with van der Waals surface area (Å²) in [6, 6.07) is 0. The van der Waals surface area contributed by atoms with Gasteiger partial charge < -0.3 is 119 Å². The van der Waals surface area contributed by atoms with Crippen LogP contribution in [0, 0.1) is 0 Å². The van der Waals surface area contributed by atoms with Gasteiger partial charge in [0, 0.05) is 6.54 Å². The summed E-state index contributed by atoms with van der Waals surface area (Å²) in [4.78, 5) is 0. The molecule has 0 aliphatic rings. The molecule has 0 radical (unpaired) electrons. The van der Waals surface area contributed by atoms with E-state index in [9.17, 15) is 0 Å². The first kappa shape index (κ1) is 80.2. The molecule has 0 aromatic rings. The van der Waals surface area contributed by atoms with Gasteiger partial charge in [-0.25, -0.2) is 0 Å². The Bertz CT molecular complexity index is 1160. The number of hydrogen-bond acceptors (Lipinski definition) is 25. The van der Waals surface area contributed by atoms with E-state index >= 15 is 0 Å². The summed E-state index contributed by atoms with van der Waals surface area (Å²) in [5.74, 6) is 0. The smallest absolute Gasteiger partial charge is 0.192 e. The molecule has 25 nitrogen and oxygen atoms in total. The predicted molar refractivity (Wildman–Crippen MR) is 306 cm³/mol. The first-order chi connectivity index (χ1) is 39.8. The molecule has 488 valence electrons. The van der Waals surface area contributed by atoms with Gasteiger partial charge in [0.2, 0.25) is 0 Å². The third kappa shape index (κ3) is 68.2. The molecule has 0 aromatic heterocycles. The lowest BCUT2D eigenvalue weighted by Gasteiger charge is -2.36. The van der Waals surface area contributed by atoms with Gasteiger partial charge in [-0.05, 0) is 25.2 Å². The first-order valence-electron chi connectivity index (χ1n) is 29.4. The zero-order valence-electron chi connectivity index (χ0n) is 51.2. The van der Waals surface area contributed by atoms with Crippen molar-refractivity contribution in [2.45, 2.75) is 38.9 Å². The summed E-state index contributed by atoms with van der Waals surface area (Å²) in [7, 11) is 0.181. The summed E-state index contributed by atoms with van der Waals surface area (Å²) in [6.07, 6.45) is 0. The fourth-order valence-corrected chi connectivity index (χ4v) is 6.71. The lowest BCUT2D eigenvalue weighted by Crippen LogP contribution is -2.41. The van der Waals surface area contributed by atoms with E-state index in [2.05, 4.69) is 39.2 Å². The zero-order chi connectivity index (χ0) is 58.6. The molecule has 0 heterocycles. The Labute approximate surface area is 488 Å². The van der Waals surface area contributed by atoms with Gasteiger partial charge >= 0.3 is 0 Å². The van der Waals surface area contributed by atoms with Crippen molar-refractivity contribution in [3.8, 4) is 0 Å². The number of ether oxygens (including phenoxy) is 23. The van der Waals surface area contributed by atoms with Crippen molar-refractivity contribution >= 4 is 8.32 Å². The van der Waals surface area contributed by atoms with Crippen LogP contribution >= 0.6 is 0 Å². The fourth-order valence-electron chi connectivity index (χ4n) is 5.69. The molecule has 0 bridgehead atoms. The van der Waals surface area contributed by atoms with E-state index in [1.165, 1.54) is 0 Å². The van der Waals surface area contributed by atoms with Crippen molar-refractivity contribution in [3.05, 3.63) is 0 Å². The largest absolute Gasteiger partial charge is 0.414 e. The zero-order valence-corrected chi connectivity index (χ0v) is 52.2. The first-order valence-corrected chi connectivity index (χ1v) is 32.3. The van der Waals surface area contributed by atoms with Crippen LogP contribution in [0.2, 0.25) is 18.1 Å². The van der Waals surface area contributed by atoms with Crippen molar-refractivity contribution < 1.29 is 113 Å². The predicted octanol–water partition coefficient (Wildman–Crippen LogP) is 2.61. The maximum atomic E-state index is 6.09. The highest BCUT2D eigenvalue weighted by Gasteiger charge is 2.36. The van der Waals surface area contributed by atoms with E-state index in [1.807, 2.05) is 7.05 Å². The van der Waals surface area contributed by atoms with E-state index < -0.39 is 8.32 Å². The van der Waals surface area contributed by atoms with Crippen molar-refractivity contribution in [2.24, 2.45) is 0 Å². The molecule has 81 heavy (non-hydrogen) atoms. The molecule has 0 aromatic carbocycles. The maximum Gasteiger partial charge on any atom is 0.192 e. The van der Waals surface area contributed by atoms with Crippen LogP contribution in [0.5, 0.6) is 0 Å². The van der Waals surface area contributed by atoms with Crippen LogP contribution in [-0.2, 0) is 113 Å². The molecule has 1 N–H and O–H groups in total. The molecule has 0 aliphatic heterocycles. The SMILES string of the molecule is CNCCOCCOCCOCCOCCOCCOCCOCCOCCOCCOCCOCCOCCOCCOCCOCCOCCOCCOCCOCCOCCOCCOCCOCCO[Si](C)(C)C(C)(C)C. The Morgan fingerprint density at radius 2 is 0.309 bits per heavy atom. The number of likely N-dealkylation sites (N-methyl/N-ethyl adjacent to an activating group) is 1. The highest BCUT2D eigenvalue weighted by atomic mass is 28.4. The quantitative estimate of drug-likeness (QED) is 0.0681. The van der Waals surface area contributed by atoms with Crippen molar-refractivity contribution in [1.82, 2.24) is 5.32 Å². The Morgan fingerprint density at radius 1 is 0.198 bits per heavy atom. The lowest BCUT2D eigenvalue weighted by molar-refractivity contribution is -0.0319. The summed E-state index contributed by atoms with van der Waals surface area (Å²) >= 11 is 0. The van der Waals surface area contributed by atoms with E-state index in [0.717, 1.165) is 6.54 Å². The van der Waals surface area contributed by atoms with Crippen LogP contribution in [0.25, 0.3) is 0 Å². The van der Waals surface area contributed by atoms with Gasteiger partial charge in [0.25, 0.3) is 0 Å². The Hall–Kier alpha value is -0.783. The van der Waals surface area contributed by atoms with Crippen molar-refractivity contribution in [3.63, 3.8) is 0 Å². The molecule has 0 atom stereocenters.